The molecule has 0 aliphatic carbocycles. The maximum absolute atomic E-state index is 13.7. The first kappa shape index (κ1) is 23.4. The molecule has 0 aliphatic rings. The quantitative estimate of drug-likeness (QED) is 0.455. The van der Waals surface area contributed by atoms with Gasteiger partial charge in [0.15, 0.2) is 0 Å². The van der Waals surface area contributed by atoms with Crippen molar-refractivity contribution in [1.29, 1.82) is 0 Å². The lowest BCUT2D eigenvalue weighted by Gasteiger charge is -2.25. The average molecular weight is 460 g/mol. The van der Waals surface area contributed by atoms with Crippen LogP contribution >= 0.6 is 0 Å². The van der Waals surface area contributed by atoms with E-state index in [1.54, 1.807) is 31.2 Å². The molecular weight excluding hydrogens is 436 g/mol. The van der Waals surface area contributed by atoms with Gasteiger partial charge in [-0.25, -0.2) is 17.2 Å². The van der Waals surface area contributed by atoms with Crippen molar-refractivity contribution in [3.05, 3.63) is 95.1 Å². The Kier molecular flexibility index (Phi) is 7.25. The molecule has 0 saturated carbocycles. The van der Waals surface area contributed by atoms with Crippen LogP contribution in [0.3, 0.4) is 0 Å². The number of carbonyl (C=O) groups is 1. The number of sulfonamides is 1. The predicted octanol–water partition coefficient (Wildman–Crippen LogP) is 4.77. The zero-order chi connectivity index (χ0) is 23.3. The van der Waals surface area contributed by atoms with E-state index in [1.165, 1.54) is 47.6 Å². The fourth-order valence-electron chi connectivity index (χ4n) is 3.13. The summed E-state index contributed by atoms with van der Waals surface area (Å²) in [4.78, 5) is 11.7. The van der Waals surface area contributed by atoms with E-state index in [-0.39, 0.29) is 36.0 Å². The first-order valence-electron chi connectivity index (χ1n) is 9.98. The molecule has 0 atom stereocenters. The number of aryl methyl sites for hydroxylation is 1. The maximum Gasteiger partial charge on any atom is 0.310 e. The molecule has 0 bridgehead atoms. The first-order chi connectivity index (χ1) is 15.2. The summed E-state index contributed by atoms with van der Waals surface area (Å²) in [5, 5.41) is 0. The molecule has 0 heterocycles. The fourth-order valence-corrected chi connectivity index (χ4v) is 4.67. The second-order valence-corrected chi connectivity index (χ2v) is 9.06. The van der Waals surface area contributed by atoms with Crippen molar-refractivity contribution in [3.63, 3.8) is 0 Å². The first-order valence-corrected chi connectivity index (χ1v) is 11.4. The third-order valence-electron chi connectivity index (χ3n) is 4.83. The van der Waals surface area contributed by atoms with E-state index in [9.17, 15) is 22.0 Å². The lowest BCUT2D eigenvalue weighted by atomic mass is 10.1. The van der Waals surface area contributed by atoms with E-state index in [0.717, 1.165) is 6.07 Å². The summed E-state index contributed by atoms with van der Waals surface area (Å²) >= 11 is 0. The van der Waals surface area contributed by atoms with E-state index in [0.29, 0.717) is 16.8 Å². The normalized spacial score (nSPS) is 11.2. The highest BCUT2D eigenvalue weighted by Crippen LogP contribution is 2.27. The lowest BCUT2D eigenvalue weighted by Crippen LogP contribution is -2.30. The Hall–Kier alpha value is -3.26. The lowest BCUT2D eigenvalue weighted by molar-refractivity contribution is -0.142. The Balaban J connectivity index is 1.99. The zero-order valence-electron chi connectivity index (χ0n) is 17.7. The summed E-state index contributed by atoms with van der Waals surface area (Å²) in [6.45, 7) is 3.42. The van der Waals surface area contributed by atoms with Crippen LogP contribution in [-0.2, 0) is 32.5 Å². The van der Waals surface area contributed by atoms with Crippen molar-refractivity contribution >= 4 is 21.7 Å². The minimum atomic E-state index is -4.06. The van der Waals surface area contributed by atoms with Gasteiger partial charge in [0.25, 0.3) is 10.0 Å². The van der Waals surface area contributed by atoms with Crippen molar-refractivity contribution in [2.24, 2.45) is 0 Å². The monoisotopic (exact) mass is 459 g/mol. The van der Waals surface area contributed by atoms with Crippen LogP contribution in [-0.4, -0.2) is 21.0 Å². The number of anilines is 1. The molecule has 0 radical (unpaired) electrons. The van der Waals surface area contributed by atoms with Gasteiger partial charge in [-0.1, -0.05) is 24.3 Å². The van der Waals surface area contributed by atoms with Gasteiger partial charge in [-0.15, -0.1) is 0 Å². The molecule has 32 heavy (non-hydrogen) atoms. The fraction of sp³-hybridized carbons (Fsp3) is 0.208. The second-order valence-electron chi connectivity index (χ2n) is 7.20. The smallest absolute Gasteiger partial charge is 0.310 e. The largest absolute Gasteiger partial charge is 0.466 e. The molecule has 0 unspecified atom stereocenters. The second kappa shape index (κ2) is 9.91. The zero-order valence-corrected chi connectivity index (χ0v) is 18.5. The van der Waals surface area contributed by atoms with Crippen LogP contribution in [0.5, 0.6) is 0 Å². The van der Waals surface area contributed by atoms with Crippen LogP contribution in [0.25, 0.3) is 0 Å². The summed E-state index contributed by atoms with van der Waals surface area (Å²) in [6, 6.07) is 15.6. The molecule has 5 nitrogen and oxygen atoms in total. The van der Waals surface area contributed by atoms with Gasteiger partial charge >= 0.3 is 5.97 Å². The van der Waals surface area contributed by atoms with E-state index in [2.05, 4.69) is 0 Å². The highest BCUT2D eigenvalue weighted by Gasteiger charge is 2.26. The van der Waals surface area contributed by atoms with E-state index in [1.807, 2.05) is 0 Å². The molecule has 3 aromatic rings. The molecule has 0 saturated heterocycles. The average Bonchev–Trinajstić information content (AvgIpc) is 2.76. The summed E-state index contributed by atoms with van der Waals surface area (Å²) in [6.07, 6.45) is 0.0655. The van der Waals surface area contributed by atoms with Gasteiger partial charge in [0.05, 0.1) is 30.2 Å². The van der Waals surface area contributed by atoms with Crippen LogP contribution in [0.15, 0.2) is 71.6 Å². The van der Waals surface area contributed by atoms with Crippen molar-refractivity contribution in [3.8, 4) is 0 Å². The van der Waals surface area contributed by atoms with Crippen molar-refractivity contribution < 1.29 is 26.7 Å². The van der Waals surface area contributed by atoms with E-state index >= 15 is 0 Å². The molecule has 0 N–H and O–H groups in total. The third-order valence-corrected chi connectivity index (χ3v) is 6.60. The van der Waals surface area contributed by atoms with E-state index in [4.69, 9.17) is 4.74 Å². The Bertz CT molecular complexity index is 1190. The molecule has 0 fully saturated rings. The van der Waals surface area contributed by atoms with Gasteiger partial charge in [-0.2, -0.15) is 0 Å². The molecule has 0 spiro atoms. The Morgan fingerprint density at radius 2 is 1.56 bits per heavy atom. The van der Waals surface area contributed by atoms with Crippen LogP contribution in [0.1, 0.15) is 23.6 Å². The van der Waals surface area contributed by atoms with Gasteiger partial charge < -0.3 is 4.74 Å². The highest BCUT2D eigenvalue weighted by molar-refractivity contribution is 7.92. The number of halogens is 2. The van der Waals surface area contributed by atoms with Gasteiger partial charge in [0.1, 0.15) is 11.6 Å². The van der Waals surface area contributed by atoms with Crippen molar-refractivity contribution in [2.75, 3.05) is 10.9 Å². The van der Waals surface area contributed by atoms with Gasteiger partial charge in [0.2, 0.25) is 0 Å². The number of carbonyl (C=O) groups excluding carboxylic acids is 1. The van der Waals surface area contributed by atoms with Gasteiger partial charge in [-0.05, 0) is 73.0 Å². The van der Waals surface area contributed by atoms with Crippen LogP contribution in [0.2, 0.25) is 0 Å². The van der Waals surface area contributed by atoms with E-state index < -0.39 is 21.7 Å². The Morgan fingerprint density at radius 1 is 0.938 bits per heavy atom. The number of nitrogens with zero attached hydrogens (tertiary/aromatic N) is 1. The predicted molar refractivity (Wildman–Crippen MR) is 118 cm³/mol. The van der Waals surface area contributed by atoms with Crippen LogP contribution in [0.4, 0.5) is 14.5 Å². The van der Waals surface area contributed by atoms with Gasteiger partial charge in [0, 0.05) is 0 Å². The molecule has 3 aromatic carbocycles. The number of esters is 1. The molecule has 0 aliphatic heterocycles. The maximum atomic E-state index is 13.7. The van der Waals surface area contributed by atoms with Gasteiger partial charge in [-0.3, -0.25) is 9.10 Å². The number of ether oxygens (including phenoxy) is 1. The number of benzene rings is 3. The number of hydrogen-bond acceptors (Lipinski definition) is 4. The summed E-state index contributed by atoms with van der Waals surface area (Å²) < 4.78 is 60.1. The molecule has 0 aromatic heterocycles. The highest BCUT2D eigenvalue weighted by atomic mass is 32.2. The molecule has 0 amide bonds. The van der Waals surface area contributed by atoms with Crippen molar-refractivity contribution in [2.45, 2.75) is 31.7 Å². The Morgan fingerprint density at radius 3 is 2.16 bits per heavy atom. The third kappa shape index (κ3) is 5.50. The number of hydrogen-bond donors (Lipinski definition) is 0. The standard InChI is InChI=1S/C24H23F2NO4S/c1-3-31-24(28)15-18-6-10-21(11-7-18)27(16-19-4-8-20(25)9-5-19)32(29,30)22-12-13-23(26)17(2)14-22/h4-14H,3,15-16H2,1-2H3. The number of rotatable bonds is 8. The molecular formula is C24H23F2NO4S. The Labute approximate surface area is 186 Å². The van der Waals surface area contributed by atoms with Crippen LogP contribution < -0.4 is 4.31 Å². The molecule has 3 rings (SSSR count). The van der Waals surface area contributed by atoms with Crippen LogP contribution in [0, 0.1) is 18.6 Å². The topological polar surface area (TPSA) is 63.7 Å². The summed E-state index contributed by atoms with van der Waals surface area (Å²) in [5.74, 6) is -1.31. The summed E-state index contributed by atoms with van der Waals surface area (Å²) in [7, 11) is -4.06. The molecule has 168 valence electrons. The van der Waals surface area contributed by atoms with Crippen molar-refractivity contribution in [1.82, 2.24) is 0 Å². The SMILES string of the molecule is CCOC(=O)Cc1ccc(N(Cc2ccc(F)cc2)S(=O)(=O)c2ccc(F)c(C)c2)cc1. The molecule has 8 heteroatoms. The minimum absolute atomic E-state index is 0.0593. The summed E-state index contributed by atoms with van der Waals surface area (Å²) in [5.41, 5.74) is 1.80. The minimum Gasteiger partial charge on any atom is -0.466 e.